The summed E-state index contributed by atoms with van der Waals surface area (Å²) in [6.07, 6.45) is 3.15. The van der Waals surface area contributed by atoms with Gasteiger partial charge in [0, 0.05) is 25.4 Å². The lowest BCUT2D eigenvalue weighted by atomic mass is 10.1. The Morgan fingerprint density at radius 1 is 1.24 bits per heavy atom. The first-order valence-corrected chi connectivity index (χ1v) is 13.1. The molecule has 3 aromatic rings. The number of pyridine rings is 1. The highest BCUT2D eigenvalue weighted by Crippen LogP contribution is 2.34. The first-order chi connectivity index (χ1) is 16.3. The van der Waals surface area contributed by atoms with Crippen LogP contribution < -0.4 is 10.6 Å². The molecule has 1 unspecified atom stereocenters. The van der Waals surface area contributed by atoms with E-state index in [1.54, 1.807) is 24.3 Å². The lowest BCUT2D eigenvalue weighted by Gasteiger charge is -2.15. The lowest BCUT2D eigenvalue weighted by molar-refractivity contribution is -0.126. The van der Waals surface area contributed by atoms with Crippen molar-refractivity contribution in [2.24, 2.45) is 0 Å². The fourth-order valence-corrected chi connectivity index (χ4v) is 6.30. The molecule has 1 aliphatic carbocycles. The van der Waals surface area contributed by atoms with Crippen LogP contribution in [0.2, 0.25) is 0 Å². The summed E-state index contributed by atoms with van der Waals surface area (Å²) in [7, 11) is -2.62. The number of hydrogen-bond donors (Lipinski definition) is 2. The van der Waals surface area contributed by atoms with Crippen molar-refractivity contribution in [2.75, 3.05) is 26.0 Å². The van der Waals surface area contributed by atoms with Crippen LogP contribution in [0.1, 0.15) is 23.1 Å². The number of ether oxygens (including phenoxy) is 1. The number of carbonyl (C=O) groups is 2. The van der Waals surface area contributed by atoms with Crippen molar-refractivity contribution in [2.45, 2.75) is 24.1 Å². The maximum Gasteiger partial charge on any atom is 0.245 e. The number of thiazole rings is 1. The van der Waals surface area contributed by atoms with Crippen molar-refractivity contribution in [3.8, 4) is 11.1 Å². The van der Waals surface area contributed by atoms with Gasteiger partial charge in [-0.05, 0) is 42.2 Å². The van der Waals surface area contributed by atoms with Gasteiger partial charge in [0.25, 0.3) is 0 Å². The zero-order valence-corrected chi connectivity index (χ0v) is 19.9. The molecule has 0 spiro atoms. The van der Waals surface area contributed by atoms with Gasteiger partial charge in [-0.3, -0.25) is 9.59 Å². The molecule has 2 N–H and O–H groups in total. The third-order valence-electron chi connectivity index (χ3n) is 5.22. The van der Waals surface area contributed by atoms with Crippen LogP contribution in [0.25, 0.3) is 21.3 Å². The number of nitrogens with one attached hydrogen (secondary N) is 2. The zero-order chi connectivity index (χ0) is 24.3. The van der Waals surface area contributed by atoms with Crippen molar-refractivity contribution in [3.63, 3.8) is 0 Å². The molecule has 0 radical (unpaired) electrons. The lowest BCUT2D eigenvalue weighted by Crippen LogP contribution is -2.41. The summed E-state index contributed by atoms with van der Waals surface area (Å²) >= 11 is 1.06. The Bertz CT molecular complexity index is 1320. The van der Waals surface area contributed by atoms with Crippen LogP contribution in [0, 0.1) is 5.95 Å². The van der Waals surface area contributed by atoms with E-state index in [2.05, 4.69) is 20.6 Å². The van der Waals surface area contributed by atoms with Crippen molar-refractivity contribution in [1.29, 1.82) is 0 Å². The van der Waals surface area contributed by atoms with E-state index in [1.807, 2.05) is 0 Å². The van der Waals surface area contributed by atoms with E-state index in [4.69, 9.17) is 4.74 Å². The van der Waals surface area contributed by atoms with Crippen molar-refractivity contribution in [3.05, 3.63) is 47.5 Å². The van der Waals surface area contributed by atoms with Gasteiger partial charge in [-0.1, -0.05) is 6.07 Å². The van der Waals surface area contributed by atoms with Crippen LogP contribution in [-0.2, 0) is 24.2 Å². The Balaban J connectivity index is 1.63. The van der Waals surface area contributed by atoms with E-state index in [-0.39, 0.29) is 35.9 Å². The molecule has 34 heavy (non-hydrogen) atoms. The zero-order valence-electron chi connectivity index (χ0n) is 18.3. The van der Waals surface area contributed by atoms with Gasteiger partial charge in [-0.2, -0.15) is 4.39 Å². The Morgan fingerprint density at radius 3 is 2.71 bits per heavy atom. The molecule has 9 nitrogen and oxygen atoms in total. The van der Waals surface area contributed by atoms with Crippen LogP contribution in [0.5, 0.6) is 0 Å². The molecule has 1 fully saturated rings. The van der Waals surface area contributed by atoms with Crippen molar-refractivity contribution < 1.29 is 27.1 Å². The number of fused-ring (bicyclic) bond motifs is 1. The van der Waals surface area contributed by atoms with Gasteiger partial charge in [-0.15, -0.1) is 11.3 Å². The first-order valence-electron chi connectivity index (χ1n) is 10.6. The van der Waals surface area contributed by atoms with E-state index in [0.29, 0.717) is 21.3 Å². The molecule has 2 amide bonds. The number of methoxy groups -OCH3 is 1. The quantitative estimate of drug-likeness (QED) is 0.403. The maximum atomic E-state index is 13.5. The average Bonchev–Trinajstić information content (AvgIpc) is 3.51. The van der Waals surface area contributed by atoms with E-state index in [0.717, 1.165) is 24.2 Å². The van der Waals surface area contributed by atoms with Crippen LogP contribution >= 0.6 is 11.3 Å². The smallest absolute Gasteiger partial charge is 0.245 e. The Morgan fingerprint density at radius 2 is 2.00 bits per heavy atom. The molecule has 1 saturated carbocycles. The highest BCUT2D eigenvalue weighted by molar-refractivity contribution is 7.92. The van der Waals surface area contributed by atoms with Gasteiger partial charge in [0.15, 0.2) is 15.1 Å². The molecule has 4 rings (SSSR count). The molecular weight excluding hydrogens is 483 g/mol. The third kappa shape index (κ3) is 5.75. The SMILES string of the molecule is COCCS(=O)(=O)C(C(=O)NCC(=O)NC1CC1)c1nc2ccc(-c3ccnc(F)c3)cc2s1. The molecule has 180 valence electrons. The van der Waals surface area contributed by atoms with Crippen molar-refractivity contribution in [1.82, 2.24) is 20.6 Å². The number of halogens is 1. The maximum absolute atomic E-state index is 13.5. The molecular formula is C22H23FN4O5S2. The molecule has 2 heterocycles. The van der Waals surface area contributed by atoms with Gasteiger partial charge in [0.05, 0.1) is 29.1 Å². The van der Waals surface area contributed by atoms with Crippen molar-refractivity contribution >= 4 is 43.2 Å². The summed E-state index contributed by atoms with van der Waals surface area (Å²) in [5.41, 5.74) is 1.81. The van der Waals surface area contributed by atoms with Gasteiger partial charge < -0.3 is 15.4 Å². The van der Waals surface area contributed by atoms with Gasteiger partial charge >= 0.3 is 0 Å². The second kappa shape index (κ2) is 10.1. The largest absolute Gasteiger partial charge is 0.384 e. The fourth-order valence-electron chi connectivity index (χ4n) is 3.33. The fraction of sp³-hybridized carbons (Fsp3) is 0.364. The van der Waals surface area contributed by atoms with Gasteiger partial charge in [0.2, 0.25) is 17.8 Å². The predicted octanol–water partition coefficient (Wildman–Crippen LogP) is 1.99. The number of nitrogens with zero attached hydrogens (tertiary/aromatic N) is 2. The summed E-state index contributed by atoms with van der Waals surface area (Å²) in [6.45, 7) is -0.411. The topological polar surface area (TPSA) is 127 Å². The standard InChI is InChI=1S/C22H23FN4O5S2/c1-32-8-9-34(30,31)20(21(29)25-12-19(28)26-15-3-4-15)22-27-16-5-2-13(10-17(16)33-22)14-6-7-24-18(23)11-14/h2,5-7,10-11,15,20H,3-4,8-9,12H2,1H3,(H,25,29)(H,26,28). The van der Waals surface area contributed by atoms with E-state index in [9.17, 15) is 22.4 Å². The van der Waals surface area contributed by atoms with Crippen LogP contribution in [0.4, 0.5) is 4.39 Å². The highest BCUT2D eigenvalue weighted by Gasteiger charge is 2.37. The molecule has 1 atom stereocenters. The third-order valence-corrected chi connectivity index (χ3v) is 8.35. The number of amides is 2. The van der Waals surface area contributed by atoms with Crippen LogP contribution in [0.3, 0.4) is 0 Å². The second-order valence-corrected chi connectivity index (χ2v) is 11.2. The molecule has 0 bridgehead atoms. The number of rotatable bonds is 10. The molecule has 1 aliphatic rings. The summed E-state index contributed by atoms with van der Waals surface area (Å²) in [5.74, 6) is -2.19. The molecule has 0 aliphatic heterocycles. The van der Waals surface area contributed by atoms with Gasteiger partial charge in [-0.25, -0.2) is 18.4 Å². The first kappa shape index (κ1) is 24.2. The Hall–Kier alpha value is -2.96. The number of sulfone groups is 1. The number of benzene rings is 1. The molecule has 12 heteroatoms. The normalized spacial score (nSPS) is 14.6. The number of carbonyl (C=O) groups excluding carboxylic acids is 2. The van der Waals surface area contributed by atoms with E-state index >= 15 is 0 Å². The molecule has 2 aromatic heterocycles. The molecule has 1 aromatic carbocycles. The van der Waals surface area contributed by atoms with E-state index < -0.39 is 26.9 Å². The summed E-state index contributed by atoms with van der Waals surface area (Å²) < 4.78 is 45.2. The summed E-state index contributed by atoms with van der Waals surface area (Å²) in [5, 5.41) is 3.67. The van der Waals surface area contributed by atoms with Crippen LogP contribution in [0.15, 0.2) is 36.5 Å². The summed E-state index contributed by atoms with van der Waals surface area (Å²) in [6, 6.07) is 8.24. The van der Waals surface area contributed by atoms with E-state index in [1.165, 1.54) is 19.4 Å². The Labute approximate surface area is 199 Å². The predicted molar refractivity (Wildman–Crippen MR) is 125 cm³/mol. The summed E-state index contributed by atoms with van der Waals surface area (Å²) in [4.78, 5) is 32.9. The minimum Gasteiger partial charge on any atom is -0.384 e. The highest BCUT2D eigenvalue weighted by atomic mass is 32.2. The monoisotopic (exact) mass is 506 g/mol. The minimum absolute atomic E-state index is 0.0864. The minimum atomic E-state index is -3.99. The average molecular weight is 507 g/mol. The van der Waals surface area contributed by atoms with Gasteiger partial charge in [0.1, 0.15) is 5.01 Å². The number of hydrogen-bond acceptors (Lipinski definition) is 8. The van der Waals surface area contributed by atoms with Crippen LogP contribution in [-0.4, -0.2) is 62.3 Å². The Kier molecular flexibility index (Phi) is 7.19. The second-order valence-electron chi connectivity index (χ2n) is 7.90. The molecule has 0 saturated heterocycles. The number of aromatic nitrogens is 2.